The van der Waals surface area contributed by atoms with E-state index in [0.29, 0.717) is 50.9 Å². The molecule has 2 heterocycles. The first-order chi connectivity index (χ1) is 42.7. The summed E-state index contributed by atoms with van der Waals surface area (Å²) in [5, 5.41) is 51.1. The van der Waals surface area contributed by atoms with Gasteiger partial charge in [0.25, 0.3) is 0 Å². The number of hydrogen-bond donors (Lipinski definition) is 8. The quantitative estimate of drug-likeness (QED) is 0.0195. The number of aromatic nitrogens is 2. The topological polar surface area (TPSA) is 288 Å². The van der Waals surface area contributed by atoms with Gasteiger partial charge < -0.3 is 66.0 Å². The molecule has 6 atom stereocenters. The summed E-state index contributed by atoms with van der Waals surface area (Å²) in [6.45, 7) is 4.10. The molecule has 1 amide bonds. The maximum Gasteiger partial charge on any atom is 0.424 e. The van der Waals surface area contributed by atoms with Crippen LogP contribution in [0.25, 0.3) is 22.5 Å². The zero-order chi connectivity index (χ0) is 67.6. The van der Waals surface area contributed by atoms with Gasteiger partial charge in [-0.05, 0) is 161 Å². The first-order valence-electron chi connectivity index (χ1n) is 27.9. The second-order valence-corrected chi connectivity index (χ2v) is 22.1. The number of rotatable bonds is 25. The third kappa shape index (κ3) is 20.7. The largest absolute Gasteiger partial charge is 0.493 e. The summed E-state index contributed by atoms with van der Waals surface area (Å²) in [5.74, 6) is -0.990. The predicted octanol–water partition coefficient (Wildman–Crippen LogP) is 11.6. The number of alkyl halides is 5. The average molecular weight is 1340 g/mol. The van der Waals surface area contributed by atoms with Gasteiger partial charge in [0.2, 0.25) is 5.60 Å². The Balaban J connectivity index is 0.000000315. The van der Waals surface area contributed by atoms with Crippen LogP contribution in [0, 0.1) is 11.6 Å². The van der Waals surface area contributed by atoms with E-state index >= 15 is 0 Å². The van der Waals surface area contributed by atoms with E-state index in [9.17, 15) is 60.4 Å². The number of halogens is 9. The molecule has 0 aliphatic heterocycles. The summed E-state index contributed by atoms with van der Waals surface area (Å²) in [7, 11) is 2.87. The van der Waals surface area contributed by atoms with Gasteiger partial charge in [-0.1, -0.05) is 41.9 Å². The van der Waals surface area contributed by atoms with Crippen molar-refractivity contribution in [3.63, 3.8) is 0 Å². The minimum Gasteiger partial charge on any atom is -0.493 e. The molecule has 0 fully saturated rings. The Bertz CT molecular complexity index is 3590. The summed E-state index contributed by atoms with van der Waals surface area (Å²) in [6, 6.07) is 31.7. The minimum atomic E-state index is -5.25. The molecular formula is C65H72Cl2F7N5O13. The summed E-state index contributed by atoms with van der Waals surface area (Å²) in [6.07, 6.45) is -7.56. The Hall–Kier alpha value is -8.14. The zero-order valence-corrected chi connectivity index (χ0v) is 52.6. The third-order valence-corrected chi connectivity index (χ3v) is 14.2. The fourth-order valence-corrected chi connectivity index (χ4v) is 8.49. The number of hydrogen-bond acceptors (Lipinski definition) is 16. The van der Waals surface area contributed by atoms with E-state index in [0.717, 1.165) is 18.2 Å². The number of ketones is 1. The van der Waals surface area contributed by atoms with Gasteiger partial charge in [-0.25, -0.2) is 37.1 Å². The molecule has 7 aromatic rings. The third-order valence-electron chi connectivity index (χ3n) is 13.9. The Morgan fingerprint density at radius 2 is 1.20 bits per heavy atom. The lowest BCUT2D eigenvalue weighted by atomic mass is 9.87. The van der Waals surface area contributed by atoms with Crippen molar-refractivity contribution in [3.8, 4) is 45.5 Å². The van der Waals surface area contributed by atoms with E-state index in [1.807, 2.05) is 0 Å². The van der Waals surface area contributed by atoms with Crippen LogP contribution in [0.5, 0.6) is 23.0 Å². The highest BCUT2D eigenvalue weighted by atomic mass is 35.5. The van der Waals surface area contributed by atoms with Crippen molar-refractivity contribution in [1.82, 2.24) is 15.3 Å². The number of methoxy groups -OCH3 is 2. The van der Waals surface area contributed by atoms with E-state index in [2.05, 4.69) is 15.3 Å². The fraction of sp³-hybridized carbons (Fsp3) is 0.338. The first-order valence-corrected chi connectivity index (χ1v) is 28.2. The highest BCUT2D eigenvalue weighted by molar-refractivity contribution is 6.31. The molecule has 0 saturated carbocycles. The van der Waals surface area contributed by atoms with Gasteiger partial charge in [-0.3, -0.25) is 4.79 Å². The number of pyridine rings is 2. The van der Waals surface area contributed by atoms with Crippen LogP contribution in [-0.4, -0.2) is 119 Å². The van der Waals surface area contributed by atoms with Crippen LogP contribution >= 0.6 is 24.0 Å². The molecule has 27 heteroatoms. The van der Waals surface area contributed by atoms with Crippen LogP contribution in [0.2, 0.25) is 5.02 Å². The van der Waals surface area contributed by atoms with E-state index in [1.165, 1.54) is 95.7 Å². The van der Waals surface area contributed by atoms with Gasteiger partial charge in [-0.15, -0.1) is 12.4 Å². The molecule has 7 rings (SSSR count). The first kappa shape index (κ1) is 76.3. The van der Waals surface area contributed by atoms with Crippen molar-refractivity contribution in [2.24, 2.45) is 11.5 Å². The number of carbonyl (C=O) groups is 3. The van der Waals surface area contributed by atoms with Crippen molar-refractivity contribution in [2.75, 3.05) is 47.3 Å². The molecule has 4 unspecified atom stereocenters. The van der Waals surface area contributed by atoms with Crippen molar-refractivity contribution >= 4 is 41.9 Å². The Morgan fingerprint density at radius 1 is 0.674 bits per heavy atom. The molecule has 5 aromatic carbocycles. The Morgan fingerprint density at radius 3 is 1.71 bits per heavy atom. The number of aliphatic hydroxyl groups is 4. The average Bonchev–Trinajstić information content (AvgIpc) is 0.767. The number of carboxylic acid groups (broad SMARTS) is 1. The molecule has 92 heavy (non-hydrogen) atoms. The van der Waals surface area contributed by atoms with Crippen LogP contribution in [0.3, 0.4) is 0 Å². The molecule has 0 saturated heterocycles. The van der Waals surface area contributed by atoms with Gasteiger partial charge in [0.1, 0.15) is 50.4 Å². The van der Waals surface area contributed by atoms with E-state index in [1.54, 1.807) is 68.4 Å². The van der Waals surface area contributed by atoms with Gasteiger partial charge in [-0.2, -0.15) is 13.2 Å². The molecule has 498 valence electrons. The highest BCUT2D eigenvalue weighted by Crippen LogP contribution is 2.41. The van der Waals surface area contributed by atoms with Crippen LogP contribution in [0.1, 0.15) is 96.3 Å². The van der Waals surface area contributed by atoms with Crippen LogP contribution in [-0.2, 0) is 33.6 Å². The van der Waals surface area contributed by atoms with Gasteiger partial charge in [0, 0.05) is 29.7 Å². The number of carboxylic acids is 1. The summed E-state index contributed by atoms with van der Waals surface area (Å²) >= 11 is 5.82. The molecular weight excluding hydrogens is 1260 g/mol. The number of alkyl carbamates (subject to hydrolysis) is 1. The predicted molar refractivity (Wildman–Crippen MR) is 332 cm³/mol. The normalized spacial score (nSPS) is 14.4. The zero-order valence-electron chi connectivity index (χ0n) is 51.0. The maximum absolute atomic E-state index is 14.4. The number of benzene rings is 5. The maximum atomic E-state index is 14.4. The molecule has 10 N–H and O–H groups in total. The number of ether oxygens (including phenoxy) is 5. The SMILES string of the molecule is CC(CF)(NC(=O)OCc1ccccc1)c1cc(-c2ccc(F)c(Cl)c2)nc(C(O)(CN)C(F)(F)F)c1.COc1cc(C(=O)CCC(C)(O)c2cc(C(C)(N)CF)cc(-c3ccc(F)cc3)n2)ccc1OC[C@@H](C)O.COc1cc(C(=O)O)ccc1OC[C@@H](C)O.Cl. The number of nitrogens with zero attached hydrogens (tertiary/aromatic N) is 2. The number of aliphatic hydroxyl groups excluding tert-OH is 2. The van der Waals surface area contributed by atoms with E-state index in [4.69, 9.17) is 57.0 Å². The smallest absolute Gasteiger partial charge is 0.424 e. The molecule has 2 aromatic heterocycles. The monoisotopic (exact) mass is 1330 g/mol. The number of nitrogens with two attached hydrogens (primary N) is 2. The van der Waals surface area contributed by atoms with Gasteiger partial charge >= 0.3 is 18.2 Å². The summed E-state index contributed by atoms with van der Waals surface area (Å²) < 4.78 is 123. The lowest BCUT2D eigenvalue weighted by Gasteiger charge is -2.32. The van der Waals surface area contributed by atoms with Crippen molar-refractivity contribution < 1.29 is 94.3 Å². The van der Waals surface area contributed by atoms with E-state index in [-0.39, 0.29) is 84.0 Å². The number of amides is 1. The number of carbonyl (C=O) groups excluding carboxylic acids is 2. The molecule has 0 spiro atoms. The Labute approximate surface area is 537 Å². The van der Waals surface area contributed by atoms with Crippen molar-refractivity contribution in [2.45, 2.75) is 94.7 Å². The molecule has 0 bridgehead atoms. The Kier molecular flexibility index (Phi) is 27.7. The molecule has 18 nitrogen and oxygen atoms in total. The summed E-state index contributed by atoms with van der Waals surface area (Å²) in [4.78, 5) is 44.6. The van der Waals surface area contributed by atoms with Gasteiger partial charge in [0.05, 0.1) is 70.9 Å². The van der Waals surface area contributed by atoms with E-state index < -0.39 is 89.9 Å². The van der Waals surface area contributed by atoms with Gasteiger partial charge in [0.15, 0.2) is 28.8 Å². The number of aromatic carboxylic acids is 1. The molecule has 0 aliphatic rings. The standard InChI is InChI=1S/C29H34F2N2O5.C25H23ClF5N3O3.C11H14O5.ClH/c1-18(34)16-38-25-10-7-20(13-26(25)37-4)24(35)11-12-29(3,36)27-15-21(28(2,32)17-30)14-23(33-27)19-5-8-22(31)9-6-19;1-23(13-27,34-22(35)37-12-15-5-3-2-4-6-15)17-10-20(16-7-8-19(28)18(26)9-16)33-21(11-17)24(36,14-32)25(29,30)31;1-7(12)6-16-9-4-3-8(11(13)14)5-10(9)15-2;/h5-10,13-15,18,34,36H,11-12,16-17,32H2,1-4H3;2-11,36H,12-14,32H2,1H3,(H,34,35);3-5,7,12H,6H2,1-2H3,(H,13,14);1H/t18-,28?,29?;;7-;/m1.1./s1. The number of nitrogens with one attached hydrogen (secondary N) is 1. The fourth-order valence-electron chi connectivity index (χ4n) is 8.31. The van der Waals surface area contributed by atoms with Crippen molar-refractivity contribution in [1.29, 1.82) is 0 Å². The lowest BCUT2D eigenvalue weighted by molar-refractivity contribution is -0.263. The number of Topliss-reactive ketones (excluding diaryl/α,β-unsaturated/α-hetero) is 1. The molecule has 0 aliphatic carbocycles. The van der Waals surface area contributed by atoms with Crippen LogP contribution in [0.15, 0.2) is 133 Å². The summed E-state index contributed by atoms with van der Waals surface area (Å²) in [5.41, 5.74) is 4.49. The second kappa shape index (κ2) is 33.4. The van der Waals surface area contributed by atoms with Crippen LogP contribution < -0.4 is 35.7 Å². The second-order valence-electron chi connectivity index (χ2n) is 21.7. The highest BCUT2D eigenvalue weighted by Gasteiger charge is 2.56. The van der Waals surface area contributed by atoms with Crippen LogP contribution in [0.4, 0.5) is 35.5 Å². The van der Waals surface area contributed by atoms with Crippen molar-refractivity contribution in [3.05, 3.63) is 189 Å². The lowest BCUT2D eigenvalue weighted by Crippen LogP contribution is -2.50. The minimum absolute atomic E-state index is 0. The molecule has 0 radical (unpaired) electrons.